The van der Waals surface area contributed by atoms with Crippen LogP contribution in [0.25, 0.3) is 0 Å². The molecule has 0 spiro atoms. The minimum Gasteiger partial charge on any atom is -0.0649 e. The Balaban J connectivity index is 2.67. The molecule has 0 nitrogen and oxygen atoms in total. The van der Waals surface area contributed by atoms with Crippen LogP contribution in [0.3, 0.4) is 0 Å². The Hall–Kier alpha value is 0. The Morgan fingerprint density at radius 2 is 1.19 bits per heavy atom. The van der Waals surface area contributed by atoms with Gasteiger partial charge in [0.2, 0.25) is 0 Å². The molecule has 1 aliphatic rings. The molecule has 1 saturated carbocycles. The second-order valence-electron chi connectivity index (χ2n) is 7.24. The average Bonchev–Trinajstić information content (AvgIpc) is 2.29. The van der Waals surface area contributed by atoms with E-state index in [0.717, 1.165) is 11.8 Å². The Bertz CT molecular complexity index is 190. The molecule has 0 aromatic rings. The summed E-state index contributed by atoms with van der Waals surface area (Å²) >= 11 is 0. The van der Waals surface area contributed by atoms with Crippen LogP contribution in [0.5, 0.6) is 0 Å². The highest BCUT2D eigenvalue weighted by Crippen LogP contribution is 2.48. The third kappa shape index (κ3) is 3.02. The third-order valence-electron chi connectivity index (χ3n) is 5.71. The van der Waals surface area contributed by atoms with E-state index >= 15 is 0 Å². The van der Waals surface area contributed by atoms with Crippen LogP contribution in [0.2, 0.25) is 0 Å². The molecule has 16 heavy (non-hydrogen) atoms. The highest BCUT2D eigenvalue weighted by molar-refractivity contribution is 4.88. The topological polar surface area (TPSA) is 0 Å². The van der Waals surface area contributed by atoms with E-state index < -0.39 is 0 Å². The molecule has 0 heteroatoms. The third-order valence-corrected chi connectivity index (χ3v) is 5.71. The minimum absolute atomic E-state index is 0.558. The van der Waals surface area contributed by atoms with Gasteiger partial charge in [0.05, 0.1) is 0 Å². The first-order chi connectivity index (χ1) is 7.33. The maximum atomic E-state index is 2.47. The zero-order valence-electron chi connectivity index (χ0n) is 12.4. The van der Waals surface area contributed by atoms with Gasteiger partial charge in [0, 0.05) is 0 Å². The van der Waals surface area contributed by atoms with Crippen molar-refractivity contribution in [3.05, 3.63) is 0 Å². The van der Waals surface area contributed by atoms with Crippen molar-refractivity contribution in [2.24, 2.45) is 22.7 Å². The van der Waals surface area contributed by atoms with Crippen molar-refractivity contribution >= 4 is 0 Å². The molecule has 1 fully saturated rings. The lowest BCUT2D eigenvalue weighted by molar-refractivity contribution is 0.0607. The zero-order valence-corrected chi connectivity index (χ0v) is 12.4. The minimum atomic E-state index is 0.558. The lowest BCUT2D eigenvalue weighted by Crippen LogP contribution is -2.34. The van der Waals surface area contributed by atoms with Crippen molar-refractivity contribution < 1.29 is 0 Å². The Labute approximate surface area is 103 Å². The summed E-state index contributed by atoms with van der Waals surface area (Å²) in [4.78, 5) is 0. The Morgan fingerprint density at radius 1 is 0.812 bits per heavy atom. The first kappa shape index (κ1) is 14.1. The van der Waals surface area contributed by atoms with Gasteiger partial charge in [0.15, 0.2) is 0 Å². The Morgan fingerprint density at radius 3 is 1.50 bits per heavy atom. The smallest absolute Gasteiger partial charge is 0.0328 e. The average molecular weight is 224 g/mol. The molecular formula is C16H32. The van der Waals surface area contributed by atoms with E-state index in [1.807, 2.05) is 0 Å². The van der Waals surface area contributed by atoms with Crippen LogP contribution in [0.1, 0.15) is 80.1 Å². The fourth-order valence-corrected chi connectivity index (χ4v) is 3.19. The summed E-state index contributed by atoms with van der Waals surface area (Å²) in [5, 5.41) is 0. The van der Waals surface area contributed by atoms with Crippen LogP contribution in [0, 0.1) is 22.7 Å². The second-order valence-corrected chi connectivity index (χ2v) is 7.24. The summed E-state index contributed by atoms with van der Waals surface area (Å²) in [5.74, 6) is 1.92. The molecule has 2 atom stereocenters. The van der Waals surface area contributed by atoms with Crippen molar-refractivity contribution in [2.75, 3.05) is 0 Å². The number of hydrogen-bond donors (Lipinski definition) is 0. The van der Waals surface area contributed by atoms with Gasteiger partial charge in [-0.15, -0.1) is 0 Å². The van der Waals surface area contributed by atoms with Crippen molar-refractivity contribution in [1.82, 2.24) is 0 Å². The summed E-state index contributed by atoms with van der Waals surface area (Å²) in [6.45, 7) is 14.6. The molecule has 1 rings (SSSR count). The van der Waals surface area contributed by atoms with Gasteiger partial charge in [-0.1, -0.05) is 60.8 Å². The fourth-order valence-electron chi connectivity index (χ4n) is 3.19. The van der Waals surface area contributed by atoms with Gasteiger partial charge in [0.25, 0.3) is 0 Å². The van der Waals surface area contributed by atoms with E-state index in [1.165, 1.54) is 38.5 Å². The molecule has 0 aromatic heterocycles. The standard InChI is InChI=1S/C16H32/c1-7-15(3,4)13-10-9-11-14(12-13)16(5,6)8-2/h13-14H,7-12H2,1-6H3. The molecule has 2 unspecified atom stereocenters. The molecule has 0 aromatic carbocycles. The number of rotatable bonds is 4. The van der Waals surface area contributed by atoms with E-state index in [2.05, 4.69) is 41.5 Å². The van der Waals surface area contributed by atoms with Crippen LogP contribution in [-0.4, -0.2) is 0 Å². The van der Waals surface area contributed by atoms with Gasteiger partial charge >= 0.3 is 0 Å². The van der Waals surface area contributed by atoms with E-state index in [0.29, 0.717) is 10.8 Å². The fraction of sp³-hybridized carbons (Fsp3) is 1.00. The maximum Gasteiger partial charge on any atom is -0.0328 e. The van der Waals surface area contributed by atoms with Crippen molar-refractivity contribution in [2.45, 2.75) is 80.1 Å². The summed E-state index contributed by atoms with van der Waals surface area (Å²) in [6, 6.07) is 0. The van der Waals surface area contributed by atoms with Crippen molar-refractivity contribution in [3.63, 3.8) is 0 Å². The molecule has 0 radical (unpaired) electrons. The maximum absolute atomic E-state index is 2.47. The predicted molar refractivity (Wildman–Crippen MR) is 73.6 cm³/mol. The van der Waals surface area contributed by atoms with E-state index in [1.54, 1.807) is 0 Å². The van der Waals surface area contributed by atoms with Gasteiger partial charge in [-0.25, -0.2) is 0 Å². The van der Waals surface area contributed by atoms with E-state index in [-0.39, 0.29) is 0 Å². The quantitative estimate of drug-likeness (QED) is 0.577. The second kappa shape index (κ2) is 5.10. The summed E-state index contributed by atoms with van der Waals surface area (Å²) in [7, 11) is 0. The van der Waals surface area contributed by atoms with Crippen molar-refractivity contribution in [1.29, 1.82) is 0 Å². The molecule has 0 amide bonds. The molecule has 0 heterocycles. The van der Waals surface area contributed by atoms with Crippen LogP contribution in [0.4, 0.5) is 0 Å². The summed E-state index contributed by atoms with van der Waals surface area (Å²) in [5.41, 5.74) is 1.12. The van der Waals surface area contributed by atoms with Crippen LogP contribution >= 0.6 is 0 Å². The van der Waals surface area contributed by atoms with E-state index in [4.69, 9.17) is 0 Å². The normalized spacial score (nSPS) is 28.1. The molecular weight excluding hydrogens is 192 g/mol. The first-order valence-corrected chi connectivity index (χ1v) is 7.33. The van der Waals surface area contributed by atoms with Gasteiger partial charge < -0.3 is 0 Å². The molecule has 0 bridgehead atoms. The lowest BCUT2D eigenvalue weighted by atomic mass is 9.61. The summed E-state index contributed by atoms with van der Waals surface area (Å²) < 4.78 is 0. The molecule has 0 N–H and O–H groups in total. The van der Waals surface area contributed by atoms with Gasteiger partial charge in [-0.05, 0) is 41.9 Å². The molecule has 0 aliphatic heterocycles. The lowest BCUT2D eigenvalue weighted by Gasteiger charge is -2.44. The van der Waals surface area contributed by atoms with E-state index in [9.17, 15) is 0 Å². The zero-order chi connectivity index (χ0) is 12.4. The molecule has 96 valence electrons. The molecule has 1 aliphatic carbocycles. The highest BCUT2D eigenvalue weighted by atomic mass is 14.4. The van der Waals surface area contributed by atoms with Crippen molar-refractivity contribution in [3.8, 4) is 0 Å². The van der Waals surface area contributed by atoms with Crippen LogP contribution in [-0.2, 0) is 0 Å². The first-order valence-electron chi connectivity index (χ1n) is 7.33. The van der Waals surface area contributed by atoms with Gasteiger partial charge in [0.1, 0.15) is 0 Å². The SMILES string of the molecule is CCC(C)(C)C1CCCC(C(C)(C)CC)C1. The number of hydrogen-bond acceptors (Lipinski definition) is 0. The predicted octanol–water partition coefficient (Wildman–Crippen LogP) is 5.67. The molecule has 0 saturated heterocycles. The van der Waals surface area contributed by atoms with Gasteiger partial charge in [-0.2, -0.15) is 0 Å². The van der Waals surface area contributed by atoms with Crippen LogP contribution < -0.4 is 0 Å². The summed E-state index contributed by atoms with van der Waals surface area (Å²) in [6.07, 6.45) is 8.53. The van der Waals surface area contributed by atoms with Gasteiger partial charge in [-0.3, -0.25) is 0 Å². The monoisotopic (exact) mass is 224 g/mol. The van der Waals surface area contributed by atoms with Crippen LogP contribution in [0.15, 0.2) is 0 Å². The Kier molecular flexibility index (Phi) is 4.49. The highest BCUT2D eigenvalue weighted by Gasteiger charge is 2.37. The largest absolute Gasteiger partial charge is 0.0649 e.